The Hall–Kier alpha value is -1.17. The molecule has 2 saturated heterocycles. The topological polar surface area (TPSA) is 33.7 Å². The fraction of sp³-hybridized carbons (Fsp3) is 0.588. The van der Waals surface area contributed by atoms with Crippen LogP contribution in [-0.4, -0.2) is 42.1 Å². The van der Waals surface area contributed by atoms with E-state index in [2.05, 4.69) is 48.3 Å². The second kappa shape index (κ2) is 6.52. The van der Waals surface area contributed by atoms with Crippen LogP contribution in [0.1, 0.15) is 38.2 Å². The maximum Gasteiger partial charge on any atom is 0.173 e. The number of nitrogens with zero attached hydrogens (tertiary/aromatic N) is 1. The van der Waals surface area contributed by atoms with Crippen LogP contribution in [0.4, 0.5) is 5.69 Å². The summed E-state index contributed by atoms with van der Waals surface area (Å²) < 4.78 is 11.5. The molecule has 22 heavy (non-hydrogen) atoms. The van der Waals surface area contributed by atoms with Crippen molar-refractivity contribution >= 4 is 23.0 Å². The van der Waals surface area contributed by atoms with Crippen LogP contribution in [0, 0.1) is 0 Å². The van der Waals surface area contributed by atoms with Crippen LogP contribution < -0.4 is 5.32 Å². The number of likely N-dealkylation sites (tertiary alicyclic amines) is 1. The van der Waals surface area contributed by atoms with E-state index in [0.717, 1.165) is 36.7 Å². The number of rotatable bonds is 2. The monoisotopic (exact) mass is 320 g/mol. The van der Waals surface area contributed by atoms with E-state index in [1.165, 1.54) is 5.56 Å². The lowest BCUT2D eigenvalue weighted by atomic mass is 10.0. The predicted octanol–water partition coefficient (Wildman–Crippen LogP) is 3.35. The van der Waals surface area contributed by atoms with Gasteiger partial charge in [-0.05, 0) is 35.8 Å². The Kier molecular flexibility index (Phi) is 4.66. The lowest BCUT2D eigenvalue weighted by Gasteiger charge is -2.38. The smallest absolute Gasteiger partial charge is 0.173 e. The van der Waals surface area contributed by atoms with Crippen LogP contribution in [0.3, 0.4) is 0 Å². The van der Waals surface area contributed by atoms with Gasteiger partial charge in [0.2, 0.25) is 0 Å². The second-order valence-corrected chi connectivity index (χ2v) is 6.69. The summed E-state index contributed by atoms with van der Waals surface area (Å²) in [4.78, 5) is 2.20. The molecule has 0 aliphatic carbocycles. The zero-order valence-electron chi connectivity index (χ0n) is 13.3. The first kappa shape index (κ1) is 15.7. The van der Waals surface area contributed by atoms with Crippen LogP contribution in [0.25, 0.3) is 0 Å². The molecule has 2 aliphatic heterocycles. The van der Waals surface area contributed by atoms with Gasteiger partial charge in [0.1, 0.15) is 0 Å². The minimum atomic E-state index is -0.342. The van der Waals surface area contributed by atoms with Gasteiger partial charge in [-0.2, -0.15) is 0 Å². The van der Waals surface area contributed by atoms with Crippen molar-refractivity contribution in [1.82, 2.24) is 4.90 Å². The Labute approximate surface area is 137 Å². The molecule has 2 fully saturated rings. The fourth-order valence-corrected chi connectivity index (χ4v) is 3.29. The molecular weight excluding hydrogens is 296 g/mol. The molecule has 0 aromatic heterocycles. The highest BCUT2D eigenvalue weighted by Crippen LogP contribution is 2.31. The molecule has 0 radical (unpaired) electrons. The Morgan fingerprint density at radius 3 is 2.27 bits per heavy atom. The maximum atomic E-state index is 5.75. The van der Waals surface area contributed by atoms with Crippen LogP contribution >= 0.6 is 12.2 Å². The van der Waals surface area contributed by atoms with Crippen molar-refractivity contribution in [2.24, 2.45) is 0 Å². The number of nitrogens with one attached hydrogen (secondary N) is 1. The Balaban J connectivity index is 1.54. The third-order valence-corrected chi connectivity index (χ3v) is 4.81. The molecule has 0 amide bonds. The summed E-state index contributed by atoms with van der Waals surface area (Å²) in [6, 6.07) is 8.49. The highest BCUT2D eigenvalue weighted by Gasteiger charge is 2.40. The van der Waals surface area contributed by atoms with Gasteiger partial charge >= 0.3 is 0 Å². The van der Waals surface area contributed by atoms with Crippen molar-refractivity contribution in [2.45, 2.75) is 38.4 Å². The standard InChI is InChI=1S/C17H24N2O2S/c1-13(2)14-3-5-15(6-4-14)18-16(22)19-9-7-17(8-10-19)20-11-12-21-17/h3-6,13H,7-12H2,1-2H3,(H,18,22). The van der Waals surface area contributed by atoms with E-state index in [1.807, 2.05) is 0 Å². The molecule has 1 N–H and O–H groups in total. The third-order valence-electron chi connectivity index (χ3n) is 4.45. The fourth-order valence-electron chi connectivity index (χ4n) is 2.99. The number of thiocarbonyl (C=S) groups is 1. The number of piperidine rings is 1. The lowest BCUT2D eigenvalue weighted by Crippen LogP contribution is -2.48. The number of anilines is 1. The highest BCUT2D eigenvalue weighted by atomic mass is 32.1. The van der Waals surface area contributed by atoms with E-state index < -0.39 is 0 Å². The predicted molar refractivity (Wildman–Crippen MR) is 92.2 cm³/mol. The Morgan fingerprint density at radius 2 is 1.73 bits per heavy atom. The summed E-state index contributed by atoms with van der Waals surface area (Å²) in [6.07, 6.45) is 1.75. The molecule has 3 rings (SSSR count). The molecular formula is C17H24N2O2S. The lowest BCUT2D eigenvalue weighted by molar-refractivity contribution is -0.180. The van der Waals surface area contributed by atoms with Crippen molar-refractivity contribution in [2.75, 3.05) is 31.6 Å². The van der Waals surface area contributed by atoms with Crippen molar-refractivity contribution in [3.63, 3.8) is 0 Å². The quantitative estimate of drug-likeness (QED) is 0.845. The molecule has 2 heterocycles. The molecule has 1 spiro atoms. The summed E-state index contributed by atoms with van der Waals surface area (Å²) in [5.41, 5.74) is 2.38. The average Bonchev–Trinajstić information content (AvgIpc) is 2.96. The van der Waals surface area contributed by atoms with E-state index in [4.69, 9.17) is 21.7 Å². The van der Waals surface area contributed by atoms with Gasteiger partial charge < -0.3 is 19.7 Å². The van der Waals surface area contributed by atoms with Crippen molar-refractivity contribution < 1.29 is 9.47 Å². The number of ether oxygens (including phenoxy) is 2. The van der Waals surface area contributed by atoms with Crippen molar-refractivity contribution in [3.8, 4) is 0 Å². The van der Waals surface area contributed by atoms with Gasteiger partial charge in [0, 0.05) is 31.6 Å². The van der Waals surface area contributed by atoms with Crippen molar-refractivity contribution in [3.05, 3.63) is 29.8 Å². The normalized spacial score (nSPS) is 20.6. The molecule has 0 unspecified atom stereocenters. The van der Waals surface area contributed by atoms with Crippen LogP contribution in [0.5, 0.6) is 0 Å². The third kappa shape index (κ3) is 3.42. The van der Waals surface area contributed by atoms with Gasteiger partial charge in [0.05, 0.1) is 13.2 Å². The van der Waals surface area contributed by atoms with E-state index >= 15 is 0 Å². The van der Waals surface area contributed by atoms with E-state index in [-0.39, 0.29) is 5.79 Å². The van der Waals surface area contributed by atoms with E-state index in [0.29, 0.717) is 19.1 Å². The molecule has 0 saturated carbocycles. The minimum Gasteiger partial charge on any atom is -0.349 e. The SMILES string of the molecule is CC(C)c1ccc(NC(=S)N2CCC3(CC2)OCCO3)cc1. The Bertz CT molecular complexity index is 514. The highest BCUT2D eigenvalue weighted by molar-refractivity contribution is 7.80. The van der Waals surface area contributed by atoms with Gasteiger partial charge in [-0.3, -0.25) is 0 Å². The average molecular weight is 320 g/mol. The van der Waals surface area contributed by atoms with Gasteiger partial charge in [-0.1, -0.05) is 26.0 Å². The summed E-state index contributed by atoms with van der Waals surface area (Å²) >= 11 is 5.54. The molecule has 4 nitrogen and oxygen atoms in total. The minimum absolute atomic E-state index is 0.342. The molecule has 1 aromatic rings. The van der Waals surface area contributed by atoms with Crippen molar-refractivity contribution in [1.29, 1.82) is 0 Å². The van der Waals surface area contributed by atoms with Gasteiger partial charge in [-0.15, -0.1) is 0 Å². The Morgan fingerprint density at radius 1 is 1.14 bits per heavy atom. The largest absolute Gasteiger partial charge is 0.349 e. The first-order valence-electron chi connectivity index (χ1n) is 8.02. The first-order valence-corrected chi connectivity index (χ1v) is 8.43. The molecule has 5 heteroatoms. The summed E-state index contributed by atoms with van der Waals surface area (Å²) in [5, 5.41) is 4.12. The van der Waals surface area contributed by atoms with Gasteiger partial charge in [-0.25, -0.2) is 0 Å². The van der Waals surface area contributed by atoms with Crippen LogP contribution in [0.15, 0.2) is 24.3 Å². The van der Waals surface area contributed by atoms with Crippen LogP contribution in [-0.2, 0) is 9.47 Å². The van der Waals surface area contributed by atoms with Gasteiger partial charge in [0.25, 0.3) is 0 Å². The summed E-state index contributed by atoms with van der Waals surface area (Å²) in [7, 11) is 0. The van der Waals surface area contributed by atoms with E-state index in [1.54, 1.807) is 0 Å². The number of benzene rings is 1. The first-order chi connectivity index (χ1) is 10.6. The number of hydrogen-bond acceptors (Lipinski definition) is 3. The zero-order valence-corrected chi connectivity index (χ0v) is 14.1. The molecule has 1 aromatic carbocycles. The molecule has 0 atom stereocenters. The second-order valence-electron chi connectivity index (χ2n) is 6.30. The summed E-state index contributed by atoms with van der Waals surface area (Å²) in [6.45, 7) is 7.56. The zero-order chi connectivity index (χ0) is 15.6. The number of hydrogen-bond donors (Lipinski definition) is 1. The van der Waals surface area contributed by atoms with Gasteiger partial charge in [0.15, 0.2) is 10.9 Å². The van der Waals surface area contributed by atoms with Crippen LogP contribution in [0.2, 0.25) is 0 Å². The molecule has 120 valence electrons. The summed E-state index contributed by atoms with van der Waals surface area (Å²) in [5.74, 6) is 0.205. The molecule has 2 aliphatic rings. The van der Waals surface area contributed by atoms with E-state index in [9.17, 15) is 0 Å². The molecule has 0 bridgehead atoms. The maximum absolute atomic E-state index is 5.75.